The molecule has 2 rings (SSSR count). The zero-order chi connectivity index (χ0) is 5.40. The maximum absolute atomic E-state index is 3.21. The van der Waals surface area contributed by atoms with E-state index in [9.17, 15) is 0 Å². The Labute approximate surface area is 49.5 Å². The highest BCUT2D eigenvalue weighted by molar-refractivity contribution is 5.19. The molecular formula is C7H9N. The van der Waals surface area contributed by atoms with E-state index in [0.717, 1.165) is 12.5 Å². The summed E-state index contributed by atoms with van der Waals surface area (Å²) in [5.41, 5.74) is 0. The Morgan fingerprint density at radius 2 is 2.00 bits per heavy atom. The van der Waals surface area contributed by atoms with Gasteiger partial charge in [-0.1, -0.05) is 11.8 Å². The molecule has 1 saturated heterocycles. The standard InChI is InChI=1S/C7H9N/c1-2-6(1)3-4-7-5-8-7/h6-8H,1-2,5H2. The molecule has 0 aromatic heterocycles. The molecular weight excluding hydrogens is 98.1 g/mol. The van der Waals surface area contributed by atoms with E-state index in [-0.39, 0.29) is 0 Å². The van der Waals surface area contributed by atoms with Gasteiger partial charge in [-0.2, -0.15) is 0 Å². The van der Waals surface area contributed by atoms with Crippen LogP contribution < -0.4 is 5.32 Å². The molecule has 0 aromatic rings. The topological polar surface area (TPSA) is 21.9 Å². The first-order valence-corrected chi connectivity index (χ1v) is 3.19. The lowest BCUT2D eigenvalue weighted by Gasteiger charge is -1.70. The van der Waals surface area contributed by atoms with E-state index in [0.29, 0.717) is 6.04 Å². The normalized spacial score (nSPS) is 33.2. The molecule has 0 aromatic carbocycles. The number of rotatable bonds is 0. The highest BCUT2D eigenvalue weighted by atomic mass is 15.1. The molecule has 0 bridgehead atoms. The van der Waals surface area contributed by atoms with Crippen LogP contribution in [0.4, 0.5) is 0 Å². The molecule has 1 unspecified atom stereocenters. The summed E-state index contributed by atoms with van der Waals surface area (Å²) in [4.78, 5) is 0. The van der Waals surface area contributed by atoms with E-state index in [1.165, 1.54) is 12.8 Å². The van der Waals surface area contributed by atoms with E-state index < -0.39 is 0 Å². The Bertz CT molecular complexity index is 128. The quantitative estimate of drug-likeness (QED) is 0.350. The summed E-state index contributed by atoms with van der Waals surface area (Å²) in [6, 6.07) is 0.565. The van der Waals surface area contributed by atoms with Crippen molar-refractivity contribution < 1.29 is 0 Å². The van der Waals surface area contributed by atoms with Crippen molar-refractivity contribution in [1.82, 2.24) is 5.32 Å². The van der Waals surface area contributed by atoms with Gasteiger partial charge >= 0.3 is 0 Å². The first kappa shape index (κ1) is 4.40. The van der Waals surface area contributed by atoms with Crippen molar-refractivity contribution in [3.8, 4) is 11.8 Å². The molecule has 0 spiro atoms. The van der Waals surface area contributed by atoms with Gasteiger partial charge in [0.15, 0.2) is 0 Å². The first-order valence-electron chi connectivity index (χ1n) is 3.19. The van der Waals surface area contributed by atoms with Gasteiger partial charge in [0.05, 0.1) is 6.04 Å². The molecule has 0 radical (unpaired) electrons. The van der Waals surface area contributed by atoms with Crippen LogP contribution in [-0.2, 0) is 0 Å². The summed E-state index contributed by atoms with van der Waals surface area (Å²) < 4.78 is 0. The number of hydrogen-bond donors (Lipinski definition) is 1. The molecule has 1 nitrogen and oxygen atoms in total. The van der Waals surface area contributed by atoms with Gasteiger partial charge in [-0.15, -0.1) is 0 Å². The molecule has 1 N–H and O–H groups in total. The summed E-state index contributed by atoms with van der Waals surface area (Å²) in [5.74, 6) is 7.14. The predicted octanol–water partition coefficient (Wildman–Crippen LogP) is 0.372. The van der Waals surface area contributed by atoms with Crippen LogP contribution in [0.2, 0.25) is 0 Å². The lowest BCUT2D eigenvalue weighted by Crippen LogP contribution is -1.81. The summed E-state index contributed by atoms with van der Waals surface area (Å²) in [7, 11) is 0. The van der Waals surface area contributed by atoms with Crippen molar-refractivity contribution in [1.29, 1.82) is 0 Å². The Hall–Kier alpha value is -0.480. The second-order valence-electron chi connectivity index (χ2n) is 2.52. The van der Waals surface area contributed by atoms with Crippen LogP contribution in [0.5, 0.6) is 0 Å². The van der Waals surface area contributed by atoms with Gasteiger partial charge in [0, 0.05) is 12.5 Å². The molecule has 8 heavy (non-hydrogen) atoms. The summed E-state index contributed by atoms with van der Waals surface area (Å²) in [6.45, 7) is 1.12. The summed E-state index contributed by atoms with van der Waals surface area (Å²) >= 11 is 0. The zero-order valence-corrected chi connectivity index (χ0v) is 4.78. The average Bonchev–Trinajstić information content (AvgIpc) is 2.60. The van der Waals surface area contributed by atoms with Gasteiger partial charge in [0.2, 0.25) is 0 Å². The Balaban J connectivity index is 1.85. The van der Waals surface area contributed by atoms with Crippen LogP contribution in [0.1, 0.15) is 12.8 Å². The Kier molecular flexibility index (Phi) is 0.824. The maximum atomic E-state index is 3.21. The third kappa shape index (κ3) is 1.02. The predicted molar refractivity (Wildman–Crippen MR) is 32.3 cm³/mol. The van der Waals surface area contributed by atoms with Crippen LogP contribution in [0.25, 0.3) is 0 Å². The third-order valence-electron chi connectivity index (χ3n) is 1.45. The second-order valence-corrected chi connectivity index (χ2v) is 2.52. The van der Waals surface area contributed by atoms with Crippen molar-refractivity contribution in [2.45, 2.75) is 18.9 Å². The highest BCUT2D eigenvalue weighted by Gasteiger charge is 2.20. The van der Waals surface area contributed by atoms with Gasteiger partial charge in [-0.05, 0) is 12.8 Å². The maximum Gasteiger partial charge on any atom is 0.0817 e. The van der Waals surface area contributed by atoms with Crippen LogP contribution in [0.3, 0.4) is 0 Å². The van der Waals surface area contributed by atoms with Gasteiger partial charge < -0.3 is 5.32 Å². The molecule has 1 aliphatic carbocycles. The Morgan fingerprint density at radius 3 is 2.50 bits per heavy atom. The van der Waals surface area contributed by atoms with E-state index in [2.05, 4.69) is 17.2 Å². The average molecular weight is 107 g/mol. The monoisotopic (exact) mass is 107 g/mol. The van der Waals surface area contributed by atoms with E-state index in [1.807, 2.05) is 0 Å². The van der Waals surface area contributed by atoms with Gasteiger partial charge in [-0.25, -0.2) is 0 Å². The molecule has 1 saturated carbocycles. The van der Waals surface area contributed by atoms with Crippen molar-refractivity contribution in [2.24, 2.45) is 5.92 Å². The second kappa shape index (κ2) is 1.50. The Morgan fingerprint density at radius 1 is 1.25 bits per heavy atom. The molecule has 0 amide bonds. The van der Waals surface area contributed by atoms with Crippen molar-refractivity contribution in [3.05, 3.63) is 0 Å². The lowest BCUT2D eigenvalue weighted by atomic mass is 10.4. The largest absolute Gasteiger partial charge is 0.300 e. The molecule has 1 heterocycles. The van der Waals surface area contributed by atoms with Gasteiger partial charge in [-0.3, -0.25) is 0 Å². The van der Waals surface area contributed by atoms with Crippen LogP contribution in [0.15, 0.2) is 0 Å². The van der Waals surface area contributed by atoms with Crippen LogP contribution in [-0.4, -0.2) is 12.6 Å². The minimum Gasteiger partial charge on any atom is -0.300 e. The lowest BCUT2D eigenvalue weighted by molar-refractivity contribution is 1.16. The van der Waals surface area contributed by atoms with Crippen molar-refractivity contribution in [3.63, 3.8) is 0 Å². The SMILES string of the molecule is C(#CC1CN1)C1CC1. The minimum absolute atomic E-state index is 0.565. The van der Waals surface area contributed by atoms with E-state index in [1.54, 1.807) is 0 Å². The van der Waals surface area contributed by atoms with Crippen molar-refractivity contribution in [2.75, 3.05) is 6.54 Å². The number of hydrogen-bond acceptors (Lipinski definition) is 1. The molecule has 1 atom stereocenters. The molecule has 1 aliphatic heterocycles. The van der Waals surface area contributed by atoms with Crippen LogP contribution >= 0.6 is 0 Å². The molecule has 2 fully saturated rings. The third-order valence-corrected chi connectivity index (χ3v) is 1.45. The van der Waals surface area contributed by atoms with E-state index >= 15 is 0 Å². The minimum atomic E-state index is 0.565. The summed E-state index contributed by atoms with van der Waals surface area (Å²) in [6.07, 6.45) is 2.69. The van der Waals surface area contributed by atoms with E-state index in [4.69, 9.17) is 0 Å². The smallest absolute Gasteiger partial charge is 0.0817 e. The molecule has 1 heteroatoms. The van der Waals surface area contributed by atoms with Crippen LogP contribution in [0, 0.1) is 17.8 Å². The fraction of sp³-hybridized carbons (Fsp3) is 0.714. The van der Waals surface area contributed by atoms with Gasteiger partial charge in [0.1, 0.15) is 0 Å². The van der Waals surface area contributed by atoms with Crippen molar-refractivity contribution >= 4 is 0 Å². The first-order chi connectivity index (χ1) is 3.95. The number of nitrogens with one attached hydrogen (secondary N) is 1. The molecule has 42 valence electrons. The zero-order valence-electron chi connectivity index (χ0n) is 4.78. The fourth-order valence-electron chi connectivity index (χ4n) is 0.607. The fourth-order valence-corrected chi connectivity index (χ4v) is 0.607. The van der Waals surface area contributed by atoms with Gasteiger partial charge in [0.25, 0.3) is 0 Å². The summed E-state index contributed by atoms with van der Waals surface area (Å²) in [5, 5.41) is 3.14. The highest BCUT2D eigenvalue weighted by Crippen LogP contribution is 2.27. The molecule has 2 aliphatic rings.